The Labute approximate surface area is 177 Å². The lowest BCUT2D eigenvalue weighted by molar-refractivity contribution is 0.413. The van der Waals surface area contributed by atoms with Gasteiger partial charge in [0, 0.05) is 50.5 Å². The van der Waals surface area contributed by atoms with Crippen LogP contribution >= 0.6 is 0 Å². The molecule has 0 saturated carbocycles. The monoisotopic (exact) mass is 407 g/mol. The zero-order valence-electron chi connectivity index (χ0n) is 17.6. The van der Waals surface area contributed by atoms with Gasteiger partial charge in [0.2, 0.25) is 0 Å². The summed E-state index contributed by atoms with van der Waals surface area (Å²) in [6, 6.07) is 12.7. The predicted octanol–water partition coefficient (Wildman–Crippen LogP) is 2.19. The molecule has 3 aromatic rings. The number of hydrogen-bond donors (Lipinski definition) is 1. The van der Waals surface area contributed by atoms with E-state index in [1.54, 1.807) is 19.8 Å². The number of nitrogens with zero attached hydrogens (tertiary/aromatic N) is 6. The Hall–Kier alpha value is -3.13. The summed E-state index contributed by atoms with van der Waals surface area (Å²) in [6.07, 6.45) is 5.19. The zero-order chi connectivity index (χ0) is 20.8. The molecule has 8 heteroatoms. The van der Waals surface area contributed by atoms with E-state index in [0.717, 1.165) is 56.5 Å². The molecule has 3 heterocycles. The van der Waals surface area contributed by atoms with Gasteiger partial charge in [-0.05, 0) is 25.1 Å². The number of para-hydroxylation sites is 2. The minimum Gasteiger partial charge on any atom is -0.495 e. The molecule has 0 aliphatic carbocycles. The number of hydrogen-bond acceptors (Lipinski definition) is 7. The largest absolute Gasteiger partial charge is 0.495 e. The molecule has 158 valence electrons. The molecule has 0 radical (unpaired) electrons. The quantitative estimate of drug-likeness (QED) is 0.614. The van der Waals surface area contributed by atoms with E-state index in [2.05, 4.69) is 50.3 Å². The molecule has 0 amide bonds. The number of anilines is 2. The van der Waals surface area contributed by atoms with E-state index in [4.69, 9.17) is 9.72 Å². The van der Waals surface area contributed by atoms with Crippen molar-refractivity contribution in [3.8, 4) is 5.75 Å². The molecule has 1 saturated heterocycles. The van der Waals surface area contributed by atoms with Crippen molar-refractivity contribution in [3.05, 3.63) is 60.8 Å². The van der Waals surface area contributed by atoms with Gasteiger partial charge in [-0.15, -0.1) is 0 Å². The Bertz CT molecular complexity index is 923. The molecule has 2 aromatic heterocycles. The number of nitrogens with one attached hydrogen (secondary N) is 1. The van der Waals surface area contributed by atoms with Crippen LogP contribution in [0, 0.1) is 0 Å². The molecule has 1 aromatic carbocycles. The second kappa shape index (κ2) is 9.58. The molecule has 1 N–H and O–H groups in total. The number of methoxy groups -OCH3 is 1. The third-order valence-corrected chi connectivity index (χ3v) is 5.44. The standard InChI is InChI=1S/C22H29N7O/c1-18(15-29-17-23-16-26-29)25-14-19-6-5-9-24-22(19)28-12-10-27(11-13-28)20-7-3-4-8-21(20)30-2/h3-9,16-18,25H,10-15H2,1-2H3. The van der Waals surface area contributed by atoms with Crippen LogP contribution in [0.25, 0.3) is 0 Å². The average molecular weight is 408 g/mol. The van der Waals surface area contributed by atoms with Crippen LogP contribution in [0.1, 0.15) is 12.5 Å². The summed E-state index contributed by atoms with van der Waals surface area (Å²) >= 11 is 0. The molecule has 30 heavy (non-hydrogen) atoms. The zero-order valence-corrected chi connectivity index (χ0v) is 17.6. The third-order valence-electron chi connectivity index (χ3n) is 5.44. The first kappa shape index (κ1) is 20.2. The van der Waals surface area contributed by atoms with Crippen LogP contribution in [0.5, 0.6) is 5.75 Å². The van der Waals surface area contributed by atoms with Crippen molar-refractivity contribution >= 4 is 11.5 Å². The Kier molecular flexibility index (Phi) is 6.44. The van der Waals surface area contributed by atoms with Crippen molar-refractivity contribution in [1.82, 2.24) is 25.1 Å². The number of rotatable bonds is 8. The highest BCUT2D eigenvalue weighted by atomic mass is 16.5. The van der Waals surface area contributed by atoms with Crippen LogP contribution in [-0.4, -0.2) is 59.1 Å². The molecule has 0 spiro atoms. The summed E-state index contributed by atoms with van der Waals surface area (Å²) in [5, 5.41) is 7.76. The van der Waals surface area contributed by atoms with Gasteiger partial charge in [-0.3, -0.25) is 4.68 Å². The molecule has 1 unspecified atom stereocenters. The number of benzene rings is 1. The van der Waals surface area contributed by atoms with Gasteiger partial charge in [-0.2, -0.15) is 5.10 Å². The Morgan fingerprint density at radius 1 is 1.07 bits per heavy atom. The summed E-state index contributed by atoms with van der Waals surface area (Å²) in [6.45, 7) is 7.44. The maximum absolute atomic E-state index is 5.53. The summed E-state index contributed by atoms with van der Waals surface area (Å²) in [7, 11) is 1.73. The van der Waals surface area contributed by atoms with Gasteiger partial charge in [0.1, 0.15) is 24.2 Å². The van der Waals surface area contributed by atoms with Gasteiger partial charge in [0.05, 0.1) is 19.3 Å². The molecule has 1 aliphatic rings. The van der Waals surface area contributed by atoms with E-state index in [1.165, 1.54) is 5.56 Å². The molecule has 4 rings (SSSR count). The topological polar surface area (TPSA) is 71.3 Å². The van der Waals surface area contributed by atoms with Gasteiger partial charge in [-0.25, -0.2) is 9.97 Å². The molecule has 1 aliphatic heterocycles. The van der Waals surface area contributed by atoms with Crippen LogP contribution in [-0.2, 0) is 13.1 Å². The average Bonchev–Trinajstić information content (AvgIpc) is 3.31. The fourth-order valence-corrected chi connectivity index (χ4v) is 3.86. The highest BCUT2D eigenvalue weighted by molar-refractivity contribution is 5.60. The highest BCUT2D eigenvalue weighted by Crippen LogP contribution is 2.29. The predicted molar refractivity (Wildman–Crippen MR) is 118 cm³/mol. The molecule has 0 bridgehead atoms. The van der Waals surface area contributed by atoms with Gasteiger partial charge >= 0.3 is 0 Å². The van der Waals surface area contributed by atoms with E-state index in [0.29, 0.717) is 0 Å². The summed E-state index contributed by atoms with van der Waals surface area (Å²) in [5.74, 6) is 1.99. The summed E-state index contributed by atoms with van der Waals surface area (Å²) < 4.78 is 7.38. The van der Waals surface area contributed by atoms with Gasteiger partial charge in [0.25, 0.3) is 0 Å². The lowest BCUT2D eigenvalue weighted by Crippen LogP contribution is -2.47. The fourth-order valence-electron chi connectivity index (χ4n) is 3.86. The first-order chi connectivity index (χ1) is 14.7. The van der Waals surface area contributed by atoms with Crippen LogP contribution in [0.3, 0.4) is 0 Å². The minimum atomic E-state index is 0.280. The van der Waals surface area contributed by atoms with Crippen molar-refractivity contribution < 1.29 is 4.74 Å². The van der Waals surface area contributed by atoms with Crippen molar-refractivity contribution in [3.63, 3.8) is 0 Å². The van der Waals surface area contributed by atoms with Crippen LogP contribution in [0.2, 0.25) is 0 Å². The lowest BCUT2D eigenvalue weighted by atomic mass is 10.2. The smallest absolute Gasteiger partial charge is 0.142 e. The van der Waals surface area contributed by atoms with E-state index < -0.39 is 0 Å². The van der Waals surface area contributed by atoms with Gasteiger partial charge < -0.3 is 19.9 Å². The fraction of sp³-hybridized carbons (Fsp3) is 0.409. The van der Waals surface area contributed by atoms with E-state index in [1.807, 2.05) is 29.1 Å². The van der Waals surface area contributed by atoms with Crippen LogP contribution in [0.4, 0.5) is 11.5 Å². The normalized spacial score (nSPS) is 15.3. The molecule has 1 atom stereocenters. The van der Waals surface area contributed by atoms with Crippen molar-refractivity contribution in [2.45, 2.75) is 26.1 Å². The second-order valence-corrected chi connectivity index (χ2v) is 7.53. The van der Waals surface area contributed by atoms with E-state index in [-0.39, 0.29) is 6.04 Å². The maximum atomic E-state index is 5.53. The Balaban J connectivity index is 1.37. The number of aromatic nitrogens is 4. The van der Waals surface area contributed by atoms with E-state index in [9.17, 15) is 0 Å². The summed E-state index contributed by atoms with van der Waals surface area (Å²) in [4.78, 5) is 13.5. The van der Waals surface area contributed by atoms with Gasteiger partial charge in [-0.1, -0.05) is 18.2 Å². The second-order valence-electron chi connectivity index (χ2n) is 7.53. The first-order valence-electron chi connectivity index (χ1n) is 10.4. The molecular formula is C22H29N7O. The van der Waals surface area contributed by atoms with Crippen LogP contribution < -0.4 is 19.9 Å². The molecule has 1 fully saturated rings. The Morgan fingerprint density at radius 3 is 2.63 bits per heavy atom. The van der Waals surface area contributed by atoms with Crippen molar-refractivity contribution in [2.75, 3.05) is 43.1 Å². The van der Waals surface area contributed by atoms with Crippen molar-refractivity contribution in [1.29, 1.82) is 0 Å². The third kappa shape index (κ3) is 4.71. The summed E-state index contributed by atoms with van der Waals surface area (Å²) in [5.41, 5.74) is 2.37. The lowest BCUT2D eigenvalue weighted by Gasteiger charge is -2.38. The molecule has 8 nitrogen and oxygen atoms in total. The number of piperazine rings is 1. The highest BCUT2D eigenvalue weighted by Gasteiger charge is 2.22. The Morgan fingerprint density at radius 2 is 1.87 bits per heavy atom. The van der Waals surface area contributed by atoms with Crippen molar-refractivity contribution in [2.24, 2.45) is 0 Å². The number of pyridine rings is 1. The van der Waals surface area contributed by atoms with Crippen LogP contribution in [0.15, 0.2) is 55.2 Å². The number of ether oxygens (including phenoxy) is 1. The maximum Gasteiger partial charge on any atom is 0.142 e. The minimum absolute atomic E-state index is 0.280. The van der Waals surface area contributed by atoms with E-state index >= 15 is 0 Å². The first-order valence-corrected chi connectivity index (χ1v) is 10.4. The molecular weight excluding hydrogens is 378 g/mol. The van der Waals surface area contributed by atoms with Gasteiger partial charge in [0.15, 0.2) is 0 Å². The SMILES string of the molecule is COc1ccccc1N1CCN(c2ncccc2CNC(C)Cn2cncn2)CC1.